The zero-order valence-corrected chi connectivity index (χ0v) is 10.0. The highest BCUT2D eigenvalue weighted by Gasteiger charge is 2.09. The van der Waals surface area contributed by atoms with Gasteiger partial charge in [0.1, 0.15) is 0 Å². The Bertz CT molecular complexity index is 143. The monoisotopic (exact) mass is 214 g/mol. The van der Waals surface area contributed by atoms with Gasteiger partial charge in [-0.05, 0) is 25.3 Å². The highest BCUT2D eigenvalue weighted by atomic mass is 16.3. The van der Waals surface area contributed by atoms with Gasteiger partial charge in [0.15, 0.2) is 0 Å². The average molecular weight is 214 g/mol. The lowest BCUT2D eigenvalue weighted by atomic mass is 10.0. The third kappa shape index (κ3) is 5.50. The van der Waals surface area contributed by atoms with Gasteiger partial charge in [0, 0.05) is 32.8 Å². The quantitative estimate of drug-likeness (QED) is 0.623. The lowest BCUT2D eigenvalue weighted by molar-refractivity contribution is 0.203. The van der Waals surface area contributed by atoms with Gasteiger partial charge in [-0.1, -0.05) is 19.8 Å². The number of piperazine rings is 1. The summed E-state index contributed by atoms with van der Waals surface area (Å²) < 4.78 is 0. The first-order chi connectivity index (χ1) is 7.36. The van der Waals surface area contributed by atoms with Crippen molar-refractivity contribution < 1.29 is 5.11 Å². The normalized spacial score (nSPS) is 20.4. The number of aliphatic hydroxyl groups excluding tert-OH is 1. The number of hydrogen-bond donors (Lipinski definition) is 2. The summed E-state index contributed by atoms with van der Waals surface area (Å²) in [6.07, 6.45) is 4.86. The second-order valence-electron chi connectivity index (χ2n) is 4.54. The molecule has 1 aliphatic rings. The van der Waals surface area contributed by atoms with Crippen molar-refractivity contribution in [3.8, 4) is 0 Å². The highest BCUT2D eigenvalue weighted by Crippen LogP contribution is 2.11. The van der Waals surface area contributed by atoms with Crippen LogP contribution in [0, 0.1) is 5.92 Å². The molecule has 1 heterocycles. The van der Waals surface area contributed by atoms with Gasteiger partial charge >= 0.3 is 0 Å². The lowest BCUT2D eigenvalue weighted by Crippen LogP contribution is -2.43. The zero-order chi connectivity index (χ0) is 10.9. The minimum Gasteiger partial charge on any atom is -0.396 e. The minimum atomic E-state index is 0.365. The van der Waals surface area contributed by atoms with Gasteiger partial charge in [-0.3, -0.25) is 0 Å². The summed E-state index contributed by atoms with van der Waals surface area (Å²) >= 11 is 0. The molecular formula is C12H26N2O. The standard InChI is InChI=1S/C12H26N2O/c1-2-12(11-15)5-3-4-8-14-9-6-13-7-10-14/h12-13,15H,2-11H2,1H3. The van der Waals surface area contributed by atoms with Crippen molar-refractivity contribution in [1.82, 2.24) is 10.2 Å². The zero-order valence-electron chi connectivity index (χ0n) is 10.0. The van der Waals surface area contributed by atoms with Crippen LogP contribution in [-0.4, -0.2) is 49.3 Å². The van der Waals surface area contributed by atoms with Crippen molar-refractivity contribution in [3.05, 3.63) is 0 Å². The van der Waals surface area contributed by atoms with E-state index in [4.69, 9.17) is 5.11 Å². The van der Waals surface area contributed by atoms with Crippen molar-refractivity contribution in [2.75, 3.05) is 39.3 Å². The number of aliphatic hydroxyl groups is 1. The number of unbranched alkanes of at least 4 members (excludes halogenated alkanes) is 1. The Morgan fingerprint density at radius 3 is 2.60 bits per heavy atom. The Morgan fingerprint density at radius 1 is 1.27 bits per heavy atom. The molecule has 1 aliphatic heterocycles. The molecule has 0 amide bonds. The summed E-state index contributed by atoms with van der Waals surface area (Å²) in [6, 6.07) is 0. The Kier molecular flexibility index (Phi) is 6.98. The molecule has 1 saturated heterocycles. The summed E-state index contributed by atoms with van der Waals surface area (Å²) in [7, 11) is 0. The minimum absolute atomic E-state index is 0.365. The van der Waals surface area contributed by atoms with E-state index >= 15 is 0 Å². The van der Waals surface area contributed by atoms with Crippen LogP contribution in [0.4, 0.5) is 0 Å². The molecule has 1 atom stereocenters. The Hall–Kier alpha value is -0.120. The van der Waals surface area contributed by atoms with Crippen molar-refractivity contribution in [1.29, 1.82) is 0 Å². The molecule has 0 aromatic rings. The Labute approximate surface area is 93.9 Å². The Morgan fingerprint density at radius 2 is 2.00 bits per heavy atom. The second kappa shape index (κ2) is 8.08. The van der Waals surface area contributed by atoms with Crippen molar-refractivity contribution in [2.24, 2.45) is 5.92 Å². The predicted molar refractivity (Wildman–Crippen MR) is 64.0 cm³/mol. The summed E-state index contributed by atoms with van der Waals surface area (Å²) in [5, 5.41) is 12.4. The summed E-state index contributed by atoms with van der Waals surface area (Å²) in [5.41, 5.74) is 0. The fourth-order valence-corrected chi connectivity index (χ4v) is 2.13. The second-order valence-corrected chi connectivity index (χ2v) is 4.54. The molecule has 15 heavy (non-hydrogen) atoms. The fourth-order valence-electron chi connectivity index (χ4n) is 2.13. The van der Waals surface area contributed by atoms with E-state index in [2.05, 4.69) is 17.1 Å². The average Bonchev–Trinajstić information content (AvgIpc) is 2.31. The van der Waals surface area contributed by atoms with Gasteiger partial charge in [0.25, 0.3) is 0 Å². The van der Waals surface area contributed by atoms with E-state index in [9.17, 15) is 0 Å². The molecule has 0 aromatic carbocycles. The third-order valence-corrected chi connectivity index (χ3v) is 3.38. The van der Waals surface area contributed by atoms with Crippen LogP contribution in [0.5, 0.6) is 0 Å². The van der Waals surface area contributed by atoms with E-state index in [0.29, 0.717) is 12.5 Å². The number of nitrogens with zero attached hydrogens (tertiary/aromatic N) is 1. The molecule has 3 heteroatoms. The first kappa shape index (κ1) is 12.9. The van der Waals surface area contributed by atoms with Crippen molar-refractivity contribution in [2.45, 2.75) is 32.6 Å². The molecule has 0 bridgehead atoms. The topological polar surface area (TPSA) is 35.5 Å². The van der Waals surface area contributed by atoms with Gasteiger partial charge < -0.3 is 15.3 Å². The van der Waals surface area contributed by atoms with E-state index in [1.165, 1.54) is 38.9 Å². The van der Waals surface area contributed by atoms with Crippen LogP contribution >= 0.6 is 0 Å². The number of hydrogen-bond acceptors (Lipinski definition) is 3. The summed E-state index contributed by atoms with van der Waals surface area (Å²) in [6.45, 7) is 8.47. The van der Waals surface area contributed by atoms with Crippen LogP contribution in [0.2, 0.25) is 0 Å². The van der Waals surface area contributed by atoms with Gasteiger partial charge in [-0.25, -0.2) is 0 Å². The number of nitrogens with one attached hydrogen (secondary N) is 1. The largest absolute Gasteiger partial charge is 0.396 e. The van der Waals surface area contributed by atoms with Crippen LogP contribution in [0.3, 0.4) is 0 Å². The first-order valence-corrected chi connectivity index (χ1v) is 6.40. The maximum absolute atomic E-state index is 9.06. The predicted octanol–water partition coefficient (Wildman–Crippen LogP) is 1.08. The maximum Gasteiger partial charge on any atom is 0.0459 e. The molecule has 0 aliphatic carbocycles. The molecule has 0 spiro atoms. The van der Waals surface area contributed by atoms with Crippen LogP contribution in [0.15, 0.2) is 0 Å². The molecule has 90 valence electrons. The first-order valence-electron chi connectivity index (χ1n) is 6.40. The van der Waals surface area contributed by atoms with E-state index in [1.807, 2.05) is 0 Å². The van der Waals surface area contributed by atoms with Gasteiger partial charge in [0.2, 0.25) is 0 Å². The summed E-state index contributed by atoms with van der Waals surface area (Å²) in [5.74, 6) is 0.535. The molecule has 0 aromatic heterocycles. The van der Waals surface area contributed by atoms with E-state index in [-0.39, 0.29) is 0 Å². The van der Waals surface area contributed by atoms with Crippen LogP contribution < -0.4 is 5.32 Å². The van der Waals surface area contributed by atoms with Crippen molar-refractivity contribution >= 4 is 0 Å². The molecule has 0 radical (unpaired) electrons. The molecule has 2 N–H and O–H groups in total. The smallest absolute Gasteiger partial charge is 0.0459 e. The SMILES string of the molecule is CCC(CO)CCCCN1CCNCC1. The third-order valence-electron chi connectivity index (χ3n) is 3.38. The fraction of sp³-hybridized carbons (Fsp3) is 1.00. The van der Waals surface area contributed by atoms with Crippen LogP contribution in [-0.2, 0) is 0 Å². The summed E-state index contributed by atoms with van der Waals surface area (Å²) in [4.78, 5) is 2.54. The molecule has 3 nitrogen and oxygen atoms in total. The van der Waals surface area contributed by atoms with Gasteiger partial charge in [0.05, 0.1) is 0 Å². The molecule has 1 rings (SSSR count). The molecule has 1 unspecified atom stereocenters. The maximum atomic E-state index is 9.06. The Balaban J connectivity index is 1.95. The van der Waals surface area contributed by atoms with Crippen LogP contribution in [0.1, 0.15) is 32.6 Å². The van der Waals surface area contributed by atoms with Crippen LogP contribution in [0.25, 0.3) is 0 Å². The lowest BCUT2D eigenvalue weighted by Gasteiger charge is -2.27. The van der Waals surface area contributed by atoms with E-state index in [1.54, 1.807) is 0 Å². The molecule has 1 fully saturated rings. The van der Waals surface area contributed by atoms with E-state index < -0.39 is 0 Å². The molecule has 0 saturated carbocycles. The number of rotatable bonds is 7. The highest BCUT2D eigenvalue weighted by molar-refractivity contribution is 4.67. The molecular weight excluding hydrogens is 188 g/mol. The van der Waals surface area contributed by atoms with Crippen molar-refractivity contribution in [3.63, 3.8) is 0 Å². The van der Waals surface area contributed by atoms with E-state index in [0.717, 1.165) is 19.5 Å². The van der Waals surface area contributed by atoms with Gasteiger partial charge in [-0.2, -0.15) is 0 Å². The van der Waals surface area contributed by atoms with Gasteiger partial charge in [-0.15, -0.1) is 0 Å².